The predicted molar refractivity (Wildman–Crippen MR) is 114 cm³/mol. The molecule has 0 aliphatic rings. The summed E-state index contributed by atoms with van der Waals surface area (Å²) in [6, 6.07) is 6.30. The summed E-state index contributed by atoms with van der Waals surface area (Å²) in [5.74, 6) is 2.71. The molecule has 1 atom stereocenters. The van der Waals surface area contributed by atoms with Crippen LogP contribution >= 0.6 is 0 Å². The van der Waals surface area contributed by atoms with E-state index < -0.39 is 0 Å². The van der Waals surface area contributed by atoms with Gasteiger partial charge < -0.3 is 19.9 Å². The van der Waals surface area contributed by atoms with Gasteiger partial charge in [0.2, 0.25) is 0 Å². The first-order valence-electron chi connectivity index (χ1n) is 10.2. The topological polar surface area (TPSA) is 76.4 Å². The number of aromatic nitrogens is 3. The molecule has 0 fully saturated rings. The molecule has 0 bridgehead atoms. The highest BCUT2D eigenvalue weighted by Crippen LogP contribution is 2.23. The highest BCUT2D eigenvalue weighted by atomic mass is 16.5. The normalized spacial score (nSPS) is 12.7. The van der Waals surface area contributed by atoms with E-state index in [0.29, 0.717) is 6.54 Å². The second-order valence-electron chi connectivity index (χ2n) is 6.86. The number of nitrogens with zero attached hydrogens (tertiary/aromatic N) is 4. The number of rotatable bonds is 10. The number of aryl methyl sites for hydroxylation is 2. The van der Waals surface area contributed by atoms with Crippen molar-refractivity contribution in [1.82, 2.24) is 25.4 Å². The van der Waals surface area contributed by atoms with Crippen molar-refractivity contribution in [1.29, 1.82) is 0 Å². The maximum atomic E-state index is 6.10. The third kappa shape index (κ3) is 6.55. The maximum absolute atomic E-state index is 6.10. The van der Waals surface area contributed by atoms with E-state index in [-0.39, 0.29) is 6.10 Å². The third-order valence-electron chi connectivity index (χ3n) is 4.53. The lowest BCUT2D eigenvalue weighted by Crippen LogP contribution is -2.39. The lowest BCUT2D eigenvalue weighted by atomic mass is 10.1. The van der Waals surface area contributed by atoms with E-state index in [1.54, 1.807) is 6.33 Å². The standard InChI is InChI=1S/C21H34N6O/c1-6-17(5)28-19-13-16(4)9-10-18(19)14-24-21(22-8-3)23-11-12-27-15-25-26-20(27)7-2/h9-10,13,15,17H,6-8,11-12,14H2,1-5H3,(H2,22,23,24). The van der Waals surface area contributed by atoms with Crippen molar-refractivity contribution in [2.24, 2.45) is 4.99 Å². The first kappa shape index (κ1) is 21.7. The van der Waals surface area contributed by atoms with E-state index in [9.17, 15) is 0 Å². The molecular weight excluding hydrogens is 352 g/mol. The van der Waals surface area contributed by atoms with Crippen molar-refractivity contribution in [3.8, 4) is 5.75 Å². The highest BCUT2D eigenvalue weighted by Gasteiger charge is 2.08. The van der Waals surface area contributed by atoms with Gasteiger partial charge in [-0.25, -0.2) is 4.99 Å². The van der Waals surface area contributed by atoms with Crippen molar-refractivity contribution in [2.45, 2.75) is 66.7 Å². The van der Waals surface area contributed by atoms with Gasteiger partial charge in [0, 0.05) is 31.6 Å². The van der Waals surface area contributed by atoms with Gasteiger partial charge in [-0.2, -0.15) is 0 Å². The molecule has 2 rings (SSSR count). The van der Waals surface area contributed by atoms with Crippen molar-refractivity contribution in [3.63, 3.8) is 0 Å². The predicted octanol–water partition coefficient (Wildman–Crippen LogP) is 3.08. The highest BCUT2D eigenvalue weighted by molar-refractivity contribution is 5.79. The van der Waals surface area contributed by atoms with Gasteiger partial charge in [-0.3, -0.25) is 0 Å². The van der Waals surface area contributed by atoms with Crippen molar-refractivity contribution in [2.75, 3.05) is 13.1 Å². The van der Waals surface area contributed by atoms with Crippen LogP contribution < -0.4 is 15.4 Å². The van der Waals surface area contributed by atoms with E-state index in [1.807, 2.05) is 0 Å². The van der Waals surface area contributed by atoms with Gasteiger partial charge in [0.25, 0.3) is 0 Å². The number of benzene rings is 1. The number of ether oxygens (including phenoxy) is 1. The Morgan fingerprint density at radius 2 is 2.07 bits per heavy atom. The second kappa shape index (κ2) is 11.3. The average Bonchev–Trinajstić information content (AvgIpc) is 3.14. The van der Waals surface area contributed by atoms with E-state index in [4.69, 9.17) is 9.73 Å². The molecule has 154 valence electrons. The molecule has 1 aromatic carbocycles. The fraction of sp³-hybridized carbons (Fsp3) is 0.571. The molecule has 1 aromatic heterocycles. The molecule has 7 heteroatoms. The fourth-order valence-electron chi connectivity index (χ4n) is 2.74. The molecule has 0 amide bonds. The lowest BCUT2D eigenvalue weighted by molar-refractivity contribution is 0.215. The molecule has 0 radical (unpaired) electrons. The molecule has 0 saturated carbocycles. The Hall–Kier alpha value is -2.57. The molecule has 0 aliphatic carbocycles. The van der Waals surface area contributed by atoms with Gasteiger partial charge in [-0.15, -0.1) is 10.2 Å². The van der Waals surface area contributed by atoms with E-state index in [1.165, 1.54) is 5.56 Å². The van der Waals surface area contributed by atoms with Crippen LogP contribution in [-0.4, -0.2) is 39.9 Å². The fourth-order valence-corrected chi connectivity index (χ4v) is 2.74. The van der Waals surface area contributed by atoms with Crippen LogP contribution in [0, 0.1) is 6.92 Å². The summed E-state index contributed by atoms with van der Waals surface area (Å²) in [4.78, 5) is 4.74. The summed E-state index contributed by atoms with van der Waals surface area (Å²) in [5.41, 5.74) is 2.28. The van der Waals surface area contributed by atoms with Gasteiger partial charge >= 0.3 is 0 Å². The Labute approximate surface area is 168 Å². The van der Waals surface area contributed by atoms with Crippen molar-refractivity contribution < 1.29 is 4.74 Å². The van der Waals surface area contributed by atoms with Gasteiger partial charge in [0.05, 0.1) is 12.6 Å². The molecule has 0 spiro atoms. The summed E-state index contributed by atoms with van der Waals surface area (Å²) in [5, 5.41) is 14.8. The van der Waals surface area contributed by atoms with Gasteiger partial charge in [-0.05, 0) is 38.8 Å². The molecule has 28 heavy (non-hydrogen) atoms. The van der Waals surface area contributed by atoms with Crippen molar-refractivity contribution in [3.05, 3.63) is 41.5 Å². The first-order chi connectivity index (χ1) is 13.6. The Morgan fingerprint density at radius 1 is 1.25 bits per heavy atom. The summed E-state index contributed by atoms with van der Waals surface area (Å²) in [6.45, 7) is 13.4. The zero-order chi connectivity index (χ0) is 20.4. The lowest BCUT2D eigenvalue weighted by Gasteiger charge is -2.17. The molecule has 1 unspecified atom stereocenters. The number of nitrogens with one attached hydrogen (secondary N) is 2. The molecular formula is C21H34N6O. The quantitative estimate of drug-likeness (QED) is 0.485. The zero-order valence-corrected chi connectivity index (χ0v) is 17.8. The summed E-state index contributed by atoms with van der Waals surface area (Å²) >= 11 is 0. The van der Waals surface area contributed by atoms with E-state index in [0.717, 1.165) is 55.6 Å². The minimum Gasteiger partial charge on any atom is -0.490 e. The molecule has 1 heterocycles. The summed E-state index contributed by atoms with van der Waals surface area (Å²) < 4.78 is 8.16. The largest absolute Gasteiger partial charge is 0.490 e. The van der Waals surface area contributed by atoms with Crippen LogP contribution in [0.3, 0.4) is 0 Å². The number of hydrogen-bond donors (Lipinski definition) is 2. The number of hydrogen-bond acceptors (Lipinski definition) is 4. The van der Waals surface area contributed by atoms with Gasteiger partial charge in [0.15, 0.2) is 5.96 Å². The number of guanidine groups is 1. The maximum Gasteiger partial charge on any atom is 0.191 e. The van der Waals surface area contributed by atoms with Crippen LogP contribution in [0.15, 0.2) is 29.5 Å². The molecule has 0 aliphatic heterocycles. The average molecular weight is 387 g/mol. The van der Waals surface area contributed by atoms with Crippen LogP contribution in [-0.2, 0) is 19.5 Å². The van der Waals surface area contributed by atoms with Crippen LogP contribution in [0.25, 0.3) is 0 Å². The Balaban J connectivity index is 2.01. The number of aliphatic imine (C=N–C) groups is 1. The Kier molecular flexibility index (Phi) is 8.78. The van der Waals surface area contributed by atoms with Crippen molar-refractivity contribution >= 4 is 5.96 Å². The van der Waals surface area contributed by atoms with Crippen LogP contribution in [0.5, 0.6) is 5.75 Å². The SMILES string of the molecule is CCNC(=NCc1ccc(C)cc1OC(C)CC)NCCn1cnnc1CC. The Bertz CT molecular complexity index is 755. The summed E-state index contributed by atoms with van der Waals surface area (Å²) in [7, 11) is 0. The summed E-state index contributed by atoms with van der Waals surface area (Å²) in [6.07, 6.45) is 3.81. The second-order valence-corrected chi connectivity index (χ2v) is 6.86. The van der Waals surface area contributed by atoms with Crippen LogP contribution in [0.4, 0.5) is 0 Å². The monoisotopic (exact) mass is 386 g/mol. The van der Waals surface area contributed by atoms with Gasteiger partial charge in [-0.1, -0.05) is 26.0 Å². The van der Waals surface area contributed by atoms with E-state index in [2.05, 4.69) is 78.2 Å². The van der Waals surface area contributed by atoms with Gasteiger partial charge in [0.1, 0.15) is 17.9 Å². The van der Waals surface area contributed by atoms with E-state index >= 15 is 0 Å². The third-order valence-corrected chi connectivity index (χ3v) is 4.53. The first-order valence-corrected chi connectivity index (χ1v) is 10.2. The zero-order valence-electron chi connectivity index (χ0n) is 17.8. The molecule has 0 saturated heterocycles. The molecule has 7 nitrogen and oxygen atoms in total. The minimum atomic E-state index is 0.187. The minimum absolute atomic E-state index is 0.187. The van der Waals surface area contributed by atoms with Crippen LogP contribution in [0.2, 0.25) is 0 Å². The van der Waals surface area contributed by atoms with Crippen LogP contribution in [0.1, 0.15) is 51.1 Å². The smallest absolute Gasteiger partial charge is 0.191 e. The molecule has 2 N–H and O–H groups in total. The Morgan fingerprint density at radius 3 is 2.79 bits per heavy atom. The molecule has 2 aromatic rings.